The van der Waals surface area contributed by atoms with E-state index in [0.717, 1.165) is 12.0 Å². The van der Waals surface area contributed by atoms with Crippen molar-refractivity contribution in [2.75, 3.05) is 13.7 Å². The molecular weight excluding hydrogens is 294 g/mol. The smallest absolute Gasteiger partial charge is 0.344 e. The van der Waals surface area contributed by atoms with Crippen LogP contribution >= 0.6 is 0 Å². The molecule has 21 heavy (non-hydrogen) atoms. The minimum absolute atomic E-state index is 0.0223. The van der Waals surface area contributed by atoms with Crippen LogP contribution in [0.3, 0.4) is 0 Å². The van der Waals surface area contributed by atoms with Crippen molar-refractivity contribution >= 4 is 10.1 Å². The molecule has 0 aliphatic rings. The van der Waals surface area contributed by atoms with Gasteiger partial charge in [0, 0.05) is 7.11 Å². The van der Waals surface area contributed by atoms with Crippen molar-refractivity contribution in [3.63, 3.8) is 0 Å². The second-order valence-electron chi connectivity index (χ2n) is 4.58. The monoisotopic (exact) mass is 311 g/mol. The van der Waals surface area contributed by atoms with Crippen LogP contribution < -0.4 is 4.18 Å². The third kappa shape index (κ3) is 3.62. The molecule has 0 N–H and O–H groups in total. The van der Waals surface area contributed by atoms with Crippen LogP contribution in [-0.2, 0) is 21.3 Å². The number of aromatic nitrogens is 1. The molecular formula is C14H17NO5S. The highest BCUT2D eigenvalue weighted by molar-refractivity contribution is 7.87. The molecule has 0 amide bonds. The highest BCUT2D eigenvalue weighted by Gasteiger charge is 2.26. The van der Waals surface area contributed by atoms with Gasteiger partial charge in [-0.05, 0) is 38.0 Å². The lowest BCUT2D eigenvalue weighted by Crippen LogP contribution is -2.11. The molecule has 0 spiro atoms. The SMILES string of the molecule is COCCc1ccc(OS(=O)(=O)c2c(C)noc2C)cc1. The summed E-state index contributed by atoms with van der Waals surface area (Å²) < 4.78 is 39.4. The molecule has 7 heteroatoms. The lowest BCUT2D eigenvalue weighted by molar-refractivity contribution is 0.202. The van der Waals surface area contributed by atoms with E-state index in [0.29, 0.717) is 6.61 Å². The van der Waals surface area contributed by atoms with Crippen LogP contribution in [0.2, 0.25) is 0 Å². The number of rotatable bonds is 6. The first-order valence-corrected chi connectivity index (χ1v) is 7.80. The molecule has 2 aromatic rings. The van der Waals surface area contributed by atoms with Gasteiger partial charge in [0.1, 0.15) is 11.4 Å². The second-order valence-corrected chi connectivity index (χ2v) is 6.06. The Morgan fingerprint density at radius 1 is 1.19 bits per heavy atom. The lowest BCUT2D eigenvalue weighted by atomic mass is 10.1. The zero-order chi connectivity index (χ0) is 15.5. The van der Waals surface area contributed by atoms with Crippen LogP contribution in [0.1, 0.15) is 17.0 Å². The van der Waals surface area contributed by atoms with Gasteiger partial charge in [-0.15, -0.1) is 0 Å². The van der Waals surface area contributed by atoms with E-state index in [2.05, 4.69) is 5.16 Å². The molecule has 1 aromatic heterocycles. The van der Waals surface area contributed by atoms with Gasteiger partial charge in [0.2, 0.25) is 0 Å². The Labute approximate surface area is 123 Å². The van der Waals surface area contributed by atoms with E-state index in [1.165, 1.54) is 6.92 Å². The normalized spacial score (nSPS) is 11.6. The molecule has 6 nitrogen and oxygen atoms in total. The van der Waals surface area contributed by atoms with Gasteiger partial charge in [0.25, 0.3) is 0 Å². The highest BCUT2D eigenvalue weighted by atomic mass is 32.2. The van der Waals surface area contributed by atoms with Crippen LogP contribution in [0.4, 0.5) is 0 Å². The zero-order valence-corrected chi connectivity index (χ0v) is 12.9. The molecule has 0 aliphatic carbocycles. The van der Waals surface area contributed by atoms with Crippen LogP contribution in [0.5, 0.6) is 5.75 Å². The molecule has 0 unspecified atom stereocenters. The molecule has 0 radical (unpaired) electrons. The molecule has 2 rings (SSSR count). The first kappa shape index (κ1) is 15.5. The van der Waals surface area contributed by atoms with Crippen LogP contribution in [0.15, 0.2) is 33.7 Å². The molecule has 1 aromatic carbocycles. The Morgan fingerprint density at radius 3 is 2.38 bits per heavy atom. The van der Waals surface area contributed by atoms with Crippen LogP contribution in [0.25, 0.3) is 0 Å². The van der Waals surface area contributed by atoms with E-state index in [1.54, 1.807) is 38.3 Å². The molecule has 0 saturated heterocycles. The summed E-state index contributed by atoms with van der Waals surface area (Å²) in [7, 11) is -2.31. The minimum Gasteiger partial charge on any atom is -0.384 e. The molecule has 0 aliphatic heterocycles. The predicted molar refractivity (Wildman–Crippen MR) is 75.8 cm³/mol. The average Bonchev–Trinajstić information content (AvgIpc) is 2.77. The summed E-state index contributed by atoms with van der Waals surface area (Å²) in [4.78, 5) is -0.0223. The quantitative estimate of drug-likeness (QED) is 0.761. The average molecular weight is 311 g/mol. The molecule has 1 heterocycles. The number of benzene rings is 1. The van der Waals surface area contributed by atoms with Gasteiger partial charge in [-0.3, -0.25) is 0 Å². The fourth-order valence-corrected chi connectivity index (χ4v) is 3.17. The molecule has 0 atom stereocenters. The topological polar surface area (TPSA) is 78.6 Å². The van der Waals surface area contributed by atoms with E-state index in [4.69, 9.17) is 13.4 Å². The van der Waals surface area contributed by atoms with E-state index >= 15 is 0 Å². The Kier molecular flexibility index (Phi) is 4.64. The Morgan fingerprint density at radius 2 is 1.86 bits per heavy atom. The fraction of sp³-hybridized carbons (Fsp3) is 0.357. The number of methoxy groups -OCH3 is 1. The summed E-state index contributed by atoms with van der Waals surface area (Å²) in [6.45, 7) is 3.70. The summed E-state index contributed by atoms with van der Waals surface area (Å²) in [6.07, 6.45) is 0.757. The highest BCUT2D eigenvalue weighted by Crippen LogP contribution is 2.24. The van der Waals surface area contributed by atoms with Crippen LogP contribution in [0, 0.1) is 13.8 Å². The maximum Gasteiger partial charge on any atom is 0.344 e. The molecule has 0 saturated carbocycles. The van der Waals surface area contributed by atoms with Gasteiger partial charge in [0.05, 0.1) is 6.61 Å². The lowest BCUT2D eigenvalue weighted by Gasteiger charge is -2.07. The van der Waals surface area contributed by atoms with Gasteiger partial charge in [-0.1, -0.05) is 17.3 Å². The van der Waals surface area contributed by atoms with E-state index in [-0.39, 0.29) is 22.1 Å². The first-order chi connectivity index (χ1) is 9.94. The van der Waals surface area contributed by atoms with Crippen molar-refractivity contribution in [1.82, 2.24) is 5.16 Å². The van der Waals surface area contributed by atoms with Gasteiger partial charge < -0.3 is 13.4 Å². The molecule has 114 valence electrons. The number of hydrogen-bond acceptors (Lipinski definition) is 6. The number of ether oxygens (including phenoxy) is 1. The maximum atomic E-state index is 12.2. The van der Waals surface area contributed by atoms with Crippen molar-refractivity contribution in [1.29, 1.82) is 0 Å². The van der Waals surface area contributed by atoms with Gasteiger partial charge in [0.15, 0.2) is 10.7 Å². The predicted octanol–water partition coefficient (Wildman–Crippen LogP) is 2.25. The first-order valence-electron chi connectivity index (χ1n) is 6.39. The standard InChI is InChI=1S/C14H17NO5S/c1-10-14(11(2)19-15-10)21(16,17)20-13-6-4-12(5-7-13)8-9-18-3/h4-7H,8-9H2,1-3H3. The number of hydrogen-bond donors (Lipinski definition) is 0. The third-order valence-electron chi connectivity index (χ3n) is 2.94. The summed E-state index contributed by atoms with van der Waals surface area (Å²) in [5.41, 5.74) is 1.32. The summed E-state index contributed by atoms with van der Waals surface area (Å²) in [5.74, 6) is 0.459. The second kappa shape index (κ2) is 6.28. The third-order valence-corrected chi connectivity index (χ3v) is 4.44. The zero-order valence-electron chi connectivity index (χ0n) is 12.1. The van der Waals surface area contributed by atoms with Crippen molar-refractivity contribution in [3.05, 3.63) is 41.3 Å². The minimum atomic E-state index is -3.94. The van der Waals surface area contributed by atoms with Gasteiger partial charge in [-0.25, -0.2) is 0 Å². The molecule has 0 bridgehead atoms. The summed E-state index contributed by atoms with van der Waals surface area (Å²) in [6, 6.07) is 6.83. The van der Waals surface area contributed by atoms with E-state index in [9.17, 15) is 8.42 Å². The van der Waals surface area contributed by atoms with Crippen molar-refractivity contribution in [2.45, 2.75) is 25.2 Å². The largest absolute Gasteiger partial charge is 0.384 e. The maximum absolute atomic E-state index is 12.2. The van der Waals surface area contributed by atoms with Gasteiger partial charge >= 0.3 is 10.1 Å². The van der Waals surface area contributed by atoms with E-state index < -0.39 is 10.1 Å². The Balaban J connectivity index is 2.17. The van der Waals surface area contributed by atoms with E-state index in [1.807, 2.05) is 0 Å². The van der Waals surface area contributed by atoms with Crippen LogP contribution in [-0.4, -0.2) is 27.3 Å². The van der Waals surface area contributed by atoms with Crippen molar-refractivity contribution in [2.24, 2.45) is 0 Å². The number of nitrogens with zero attached hydrogens (tertiary/aromatic N) is 1. The summed E-state index contributed by atoms with van der Waals surface area (Å²) in [5, 5.41) is 3.62. The Bertz CT molecular complexity index is 684. The van der Waals surface area contributed by atoms with Crippen molar-refractivity contribution in [3.8, 4) is 5.75 Å². The molecule has 0 fully saturated rings. The van der Waals surface area contributed by atoms with Crippen molar-refractivity contribution < 1.29 is 21.9 Å². The fourth-order valence-electron chi connectivity index (χ4n) is 1.93. The van der Waals surface area contributed by atoms with Gasteiger partial charge in [-0.2, -0.15) is 8.42 Å². The Hall–Kier alpha value is -1.86. The number of aryl methyl sites for hydroxylation is 2. The summed E-state index contributed by atoms with van der Waals surface area (Å²) >= 11 is 0.